The van der Waals surface area contributed by atoms with Gasteiger partial charge in [-0.3, -0.25) is 10.2 Å². The van der Waals surface area contributed by atoms with E-state index in [0.29, 0.717) is 12.4 Å². The van der Waals surface area contributed by atoms with Gasteiger partial charge in [0.1, 0.15) is 18.1 Å². The van der Waals surface area contributed by atoms with Crippen LogP contribution in [0, 0.1) is 5.41 Å². The van der Waals surface area contributed by atoms with E-state index < -0.39 is 5.91 Å². The first-order valence-electron chi connectivity index (χ1n) is 5.78. The van der Waals surface area contributed by atoms with E-state index in [1.165, 1.54) is 19.2 Å². The molecule has 0 aliphatic carbocycles. The van der Waals surface area contributed by atoms with Crippen LogP contribution in [0.2, 0.25) is 0 Å². The maximum Gasteiger partial charge on any atom is 0.269 e. The van der Waals surface area contributed by atoms with E-state index in [1.54, 1.807) is 6.08 Å². The molecule has 0 saturated carbocycles. The maximum atomic E-state index is 11.2. The third-order valence-electron chi connectivity index (χ3n) is 2.07. The van der Waals surface area contributed by atoms with Crippen molar-refractivity contribution in [3.8, 4) is 0 Å². The number of hydrogen-bond acceptors (Lipinski definition) is 3. The largest absolute Gasteiger partial charge is 0.489 e. The number of carbonyl (C=O) groups excluding carboxylic acids is 1. The van der Waals surface area contributed by atoms with Crippen molar-refractivity contribution in [1.29, 1.82) is 5.41 Å². The van der Waals surface area contributed by atoms with E-state index >= 15 is 0 Å². The lowest BCUT2D eigenvalue weighted by Gasteiger charge is -2.04. The van der Waals surface area contributed by atoms with Gasteiger partial charge in [0.05, 0.1) is 0 Å². The predicted octanol–water partition coefficient (Wildman–Crippen LogP) is 2.53. The molecule has 0 saturated heterocycles. The van der Waals surface area contributed by atoms with Crippen LogP contribution in [0.15, 0.2) is 60.9 Å². The Morgan fingerprint density at radius 1 is 1.42 bits per heavy atom. The Morgan fingerprint density at radius 2 is 2.11 bits per heavy atom. The molecule has 0 aromatic carbocycles. The molecule has 2 N–H and O–H groups in total. The highest BCUT2D eigenvalue weighted by Gasteiger charge is 2.04. The topological polar surface area (TPSA) is 62.2 Å². The average Bonchev–Trinajstić information content (AvgIpc) is 2.41. The summed E-state index contributed by atoms with van der Waals surface area (Å²) in [5.41, 5.74) is 0.880. The summed E-state index contributed by atoms with van der Waals surface area (Å²) in [6.07, 6.45) is 10.1. The van der Waals surface area contributed by atoms with Gasteiger partial charge in [-0.25, -0.2) is 0 Å². The van der Waals surface area contributed by atoms with Crippen molar-refractivity contribution in [2.24, 2.45) is 0 Å². The zero-order valence-electron chi connectivity index (χ0n) is 11.4. The van der Waals surface area contributed by atoms with Gasteiger partial charge in [0, 0.05) is 13.1 Å². The Balaban J connectivity index is 4.44. The number of hydrogen-bond donors (Lipinski definition) is 2. The summed E-state index contributed by atoms with van der Waals surface area (Å²) in [7, 11) is 1.47. The van der Waals surface area contributed by atoms with E-state index in [2.05, 4.69) is 18.5 Å². The molecule has 0 aliphatic heterocycles. The molecular weight excluding hydrogens is 240 g/mol. The van der Waals surface area contributed by atoms with Crippen molar-refractivity contribution in [2.75, 3.05) is 13.7 Å². The van der Waals surface area contributed by atoms with Crippen LogP contribution in [-0.2, 0) is 9.53 Å². The van der Waals surface area contributed by atoms with Crippen molar-refractivity contribution in [3.05, 3.63) is 60.9 Å². The lowest BCUT2D eigenvalue weighted by molar-refractivity contribution is -0.114. The summed E-state index contributed by atoms with van der Waals surface area (Å²) in [4.78, 5) is 11.2. The summed E-state index contributed by atoms with van der Waals surface area (Å²) in [6, 6.07) is 0. The van der Waals surface area contributed by atoms with Crippen LogP contribution in [0.4, 0.5) is 0 Å². The molecule has 0 aliphatic rings. The molecule has 0 aromatic heterocycles. The van der Waals surface area contributed by atoms with Gasteiger partial charge in [-0.05, 0) is 19.1 Å². The molecule has 0 atom stereocenters. The van der Waals surface area contributed by atoms with E-state index in [0.717, 1.165) is 5.57 Å². The molecule has 4 heteroatoms. The lowest BCUT2D eigenvalue weighted by atomic mass is 10.2. The van der Waals surface area contributed by atoms with Gasteiger partial charge in [0.25, 0.3) is 5.91 Å². The van der Waals surface area contributed by atoms with Crippen LogP contribution in [0.1, 0.15) is 6.92 Å². The highest BCUT2D eigenvalue weighted by atomic mass is 16.5. The Bertz CT molecular complexity index is 443. The van der Waals surface area contributed by atoms with Gasteiger partial charge in [-0.2, -0.15) is 0 Å². The minimum atomic E-state index is -0.469. The standard InChI is InChI=1S/C15H20N2O2/c1-5-8-12(3)9-7-10-19-13(6-2)11-14(16)15(18)17-4/h5-9,11,16H,1-2,10H2,3-4H3,(H,17,18)/b9-7-,12-8-,13-11+,16-14?. The molecule has 0 rings (SSSR count). The molecule has 0 spiro atoms. The lowest BCUT2D eigenvalue weighted by Crippen LogP contribution is -2.25. The highest BCUT2D eigenvalue weighted by molar-refractivity contribution is 6.42. The van der Waals surface area contributed by atoms with Crippen LogP contribution in [0.3, 0.4) is 0 Å². The van der Waals surface area contributed by atoms with Crippen LogP contribution in [0.5, 0.6) is 0 Å². The van der Waals surface area contributed by atoms with Gasteiger partial charge in [0.2, 0.25) is 0 Å². The van der Waals surface area contributed by atoms with E-state index in [4.69, 9.17) is 10.1 Å². The van der Waals surface area contributed by atoms with Crippen molar-refractivity contribution in [1.82, 2.24) is 5.32 Å². The van der Waals surface area contributed by atoms with Gasteiger partial charge < -0.3 is 10.1 Å². The minimum absolute atomic E-state index is 0.177. The van der Waals surface area contributed by atoms with Crippen LogP contribution < -0.4 is 5.32 Å². The van der Waals surface area contributed by atoms with E-state index in [1.807, 2.05) is 25.2 Å². The molecule has 19 heavy (non-hydrogen) atoms. The molecule has 0 unspecified atom stereocenters. The molecule has 0 aromatic rings. The maximum absolute atomic E-state index is 11.2. The van der Waals surface area contributed by atoms with Crippen molar-refractivity contribution in [3.63, 3.8) is 0 Å². The fourth-order valence-electron chi connectivity index (χ4n) is 1.12. The third kappa shape index (κ3) is 7.54. The quantitative estimate of drug-likeness (QED) is 0.400. The van der Waals surface area contributed by atoms with E-state index in [-0.39, 0.29) is 5.71 Å². The van der Waals surface area contributed by atoms with Gasteiger partial charge >= 0.3 is 0 Å². The first kappa shape index (κ1) is 16.6. The zero-order valence-corrected chi connectivity index (χ0v) is 11.4. The SMILES string of the molecule is C=C/C=C(C)\C=C/CO/C(C=C)=C/C(=N)C(=O)NC. The van der Waals surface area contributed by atoms with Crippen LogP contribution in [-0.4, -0.2) is 25.3 Å². The summed E-state index contributed by atoms with van der Waals surface area (Å²) >= 11 is 0. The monoisotopic (exact) mass is 260 g/mol. The first-order valence-corrected chi connectivity index (χ1v) is 5.78. The van der Waals surface area contributed by atoms with Crippen LogP contribution >= 0.6 is 0 Å². The highest BCUT2D eigenvalue weighted by Crippen LogP contribution is 2.01. The second kappa shape index (κ2) is 9.65. The summed E-state index contributed by atoms with van der Waals surface area (Å²) in [6.45, 7) is 9.46. The molecule has 4 nitrogen and oxygen atoms in total. The Hall–Kier alpha value is -2.36. The smallest absolute Gasteiger partial charge is 0.269 e. The summed E-state index contributed by atoms with van der Waals surface area (Å²) in [5, 5.41) is 9.84. The molecule has 102 valence electrons. The second-order valence-electron chi connectivity index (χ2n) is 3.60. The first-order chi connectivity index (χ1) is 9.04. The van der Waals surface area contributed by atoms with Gasteiger partial charge in [-0.15, -0.1) is 0 Å². The predicted molar refractivity (Wildman–Crippen MR) is 79.1 cm³/mol. The Morgan fingerprint density at radius 3 is 2.63 bits per heavy atom. The van der Waals surface area contributed by atoms with Crippen molar-refractivity contribution < 1.29 is 9.53 Å². The Kier molecular flexibility index (Phi) is 8.45. The normalized spacial score (nSPS) is 12.1. The fraction of sp³-hybridized carbons (Fsp3) is 0.200. The number of amides is 1. The molecular formula is C15H20N2O2. The minimum Gasteiger partial charge on any atom is -0.489 e. The van der Waals surface area contributed by atoms with Crippen molar-refractivity contribution in [2.45, 2.75) is 6.92 Å². The number of rotatable bonds is 8. The van der Waals surface area contributed by atoms with Gasteiger partial charge in [-0.1, -0.05) is 37.0 Å². The third-order valence-corrected chi connectivity index (χ3v) is 2.07. The summed E-state index contributed by atoms with van der Waals surface area (Å²) in [5.74, 6) is -0.0909. The Labute approximate surface area is 114 Å². The number of allylic oxidation sites excluding steroid dienone is 5. The number of carbonyl (C=O) groups is 1. The molecule has 0 fully saturated rings. The van der Waals surface area contributed by atoms with E-state index in [9.17, 15) is 4.79 Å². The average molecular weight is 260 g/mol. The fourth-order valence-corrected chi connectivity index (χ4v) is 1.12. The van der Waals surface area contributed by atoms with Gasteiger partial charge in [0.15, 0.2) is 0 Å². The van der Waals surface area contributed by atoms with Crippen molar-refractivity contribution >= 4 is 11.6 Å². The zero-order chi connectivity index (χ0) is 14.7. The second-order valence-corrected chi connectivity index (χ2v) is 3.60. The molecule has 0 heterocycles. The van der Waals surface area contributed by atoms with Crippen LogP contribution in [0.25, 0.3) is 0 Å². The molecule has 0 radical (unpaired) electrons. The molecule has 1 amide bonds. The summed E-state index contributed by atoms with van der Waals surface area (Å²) < 4.78 is 5.37. The number of nitrogens with one attached hydrogen (secondary N) is 2. The molecule has 0 bridgehead atoms. The number of ether oxygens (including phenoxy) is 1.